The molecule has 18 heavy (non-hydrogen) atoms. The molecule has 1 fully saturated rings. The molecule has 0 aromatic heterocycles. The maximum absolute atomic E-state index is 6.18. The third-order valence-corrected chi connectivity index (χ3v) is 3.74. The van der Waals surface area contributed by atoms with Crippen LogP contribution in [0.5, 0.6) is 5.75 Å². The maximum atomic E-state index is 6.18. The molecule has 0 heterocycles. The molecule has 0 bridgehead atoms. The third kappa shape index (κ3) is 3.49. The summed E-state index contributed by atoms with van der Waals surface area (Å²) in [6.45, 7) is 7.49. The van der Waals surface area contributed by atoms with Crippen molar-refractivity contribution in [3.63, 3.8) is 0 Å². The average molecular weight is 247 g/mol. The van der Waals surface area contributed by atoms with Gasteiger partial charge in [0.2, 0.25) is 0 Å². The zero-order chi connectivity index (χ0) is 13.0. The Morgan fingerprint density at radius 3 is 2.83 bits per heavy atom. The second-order valence-corrected chi connectivity index (χ2v) is 5.43. The smallest absolute Gasteiger partial charge is 0.122 e. The summed E-state index contributed by atoms with van der Waals surface area (Å²) in [5.41, 5.74) is 2.55. The fourth-order valence-electron chi connectivity index (χ4n) is 2.84. The van der Waals surface area contributed by atoms with Crippen molar-refractivity contribution < 1.29 is 4.74 Å². The molecule has 0 saturated heterocycles. The summed E-state index contributed by atoms with van der Waals surface area (Å²) in [4.78, 5) is 0. The quantitative estimate of drug-likeness (QED) is 0.877. The molecule has 0 amide bonds. The van der Waals surface area contributed by atoms with Crippen LogP contribution in [-0.4, -0.2) is 18.7 Å². The van der Waals surface area contributed by atoms with Gasteiger partial charge in [0.05, 0.1) is 0 Å². The highest BCUT2D eigenvalue weighted by atomic mass is 16.5. The summed E-state index contributed by atoms with van der Waals surface area (Å²) in [5, 5.41) is 3.54. The molecule has 2 heteroatoms. The van der Waals surface area contributed by atoms with Crippen molar-refractivity contribution in [1.29, 1.82) is 0 Å². The van der Waals surface area contributed by atoms with Crippen LogP contribution in [0.15, 0.2) is 18.2 Å². The van der Waals surface area contributed by atoms with Crippen LogP contribution in [0.1, 0.15) is 43.7 Å². The molecular weight excluding hydrogens is 222 g/mol. The molecular formula is C16H25NO. The Labute approximate surface area is 111 Å². The first kappa shape index (κ1) is 13.4. The Balaban J connectivity index is 1.96. The van der Waals surface area contributed by atoms with Gasteiger partial charge in [0.15, 0.2) is 0 Å². The van der Waals surface area contributed by atoms with Gasteiger partial charge in [-0.25, -0.2) is 0 Å². The van der Waals surface area contributed by atoms with Crippen LogP contribution in [0.25, 0.3) is 0 Å². The predicted octanol–water partition coefficient (Wildman–Crippen LogP) is 3.60. The van der Waals surface area contributed by atoms with E-state index < -0.39 is 0 Å². The highest BCUT2D eigenvalue weighted by molar-refractivity contribution is 5.35. The SMILES string of the molecule is CCNC1CCCC(Oc2ccc(C)cc2C)C1. The van der Waals surface area contributed by atoms with Crippen molar-refractivity contribution in [3.8, 4) is 5.75 Å². The van der Waals surface area contributed by atoms with Gasteiger partial charge in [0.25, 0.3) is 0 Å². The summed E-state index contributed by atoms with van der Waals surface area (Å²) in [6, 6.07) is 7.08. The summed E-state index contributed by atoms with van der Waals surface area (Å²) in [6.07, 6.45) is 5.27. The molecule has 2 unspecified atom stereocenters. The summed E-state index contributed by atoms with van der Waals surface area (Å²) in [7, 11) is 0. The van der Waals surface area contributed by atoms with E-state index in [1.165, 1.54) is 30.4 Å². The molecule has 1 N–H and O–H groups in total. The molecule has 100 valence electrons. The molecule has 1 aliphatic rings. The Morgan fingerprint density at radius 2 is 2.11 bits per heavy atom. The highest BCUT2D eigenvalue weighted by Crippen LogP contribution is 2.26. The average Bonchev–Trinajstić information content (AvgIpc) is 2.34. The fourth-order valence-corrected chi connectivity index (χ4v) is 2.84. The normalized spacial score (nSPS) is 23.9. The summed E-state index contributed by atoms with van der Waals surface area (Å²) < 4.78 is 6.18. The third-order valence-electron chi connectivity index (χ3n) is 3.74. The van der Waals surface area contributed by atoms with Crippen LogP contribution >= 0.6 is 0 Å². The van der Waals surface area contributed by atoms with Crippen LogP contribution in [0.3, 0.4) is 0 Å². The first-order valence-corrected chi connectivity index (χ1v) is 7.16. The van der Waals surface area contributed by atoms with Crippen molar-refractivity contribution in [3.05, 3.63) is 29.3 Å². The van der Waals surface area contributed by atoms with Crippen molar-refractivity contribution in [2.45, 2.75) is 58.6 Å². The van der Waals surface area contributed by atoms with E-state index in [4.69, 9.17) is 4.74 Å². The minimum Gasteiger partial charge on any atom is -0.490 e. The van der Waals surface area contributed by atoms with E-state index in [9.17, 15) is 0 Å². The molecule has 1 aromatic rings. The van der Waals surface area contributed by atoms with Gasteiger partial charge in [-0.15, -0.1) is 0 Å². The second-order valence-electron chi connectivity index (χ2n) is 5.43. The van der Waals surface area contributed by atoms with E-state index in [2.05, 4.69) is 44.3 Å². The molecule has 0 aliphatic heterocycles. The maximum Gasteiger partial charge on any atom is 0.122 e. The first-order chi connectivity index (χ1) is 8.69. The van der Waals surface area contributed by atoms with Crippen molar-refractivity contribution >= 4 is 0 Å². The second kappa shape index (κ2) is 6.24. The Morgan fingerprint density at radius 1 is 1.28 bits per heavy atom. The molecule has 2 atom stereocenters. The Bertz CT molecular complexity index is 387. The van der Waals surface area contributed by atoms with Crippen LogP contribution in [0.2, 0.25) is 0 Å². The number of nitrogens with one attached hydrogen (secondary N) is 1. The van der Waals surface area contributed by atoms with Gasteiger partial charge in [-0.1, -0.05) is 24.6 Å². The Kier molecular flexibility index (Phi) is 4.65. The topological polar surface area (TPSA) is 21.3 Å². The first-order valence-electron chi connectivity index (χ1n) is 7.16. The predicted molar refractivity (Wildman–Crippen MR) is 76.3 cm³/mol. The molecule has 1 saturated carbocycles. The number of hydrogen-bond donors (Lipinski definition) is 1. The fraction of sp³-hybridized carbons (Fsp3) is 0.625. The van der Waals surface area contributed by atoms with E-state index in [-0.39, 0.29) is 0 Å². The Hall–Kier alpha value is -1.02. The van der Waals surface area contributed by atoms with E-state index in [0.717, 1.165) is 18.7 Å². The van der Waals surface area contributed by atoms with Gasteiger partial charge in [0, 0.05) is 6.04 Å². The molecule has 0 radical (unpaired) electrons. The highest BCUT2D eigenvalue weighted by Gasteiger charge is 2.22. The minimum absolute atomic E-state index is 0.379. The standard InChI is InChI=1S/C16H25NO/c1-4-17-14-6-5-7-15(11-14)18-16-9-8-12(2)10-13(16)3/h8-10,14-15,17H,4-7,11H2,1-3H3. The largest absolute Gasteiger partial charge is 0.490 e. The lowest BCUT2D eigenvalue weighted by Gasteiger charge is -2.30. The van der Waals surface area contributed by atoms with Crippen molar-refractivity contribution in [2.75, 3.05) is 6.54 Å². The number of ether oxygens (including phenoxy) is 1. The van der Waals surface area contributed by atoms with E-state index >= 15 is 0 Å². The lowest BCUT2D eigenvalue weighted by Crippen LogP contribution is -2.38. The summed E-state index contributed by atoms with van der Waals surface area (Å²) in [5.74, 6) is 1.06. The van der Waals surface area contributed by atoms with Crippen molar-refractivity contribution in [1.82, 2.24) is 5.32 Å². The zero-order valence-corrected chi connectivity index (χ0v) is 11.8. The van der Waals surface area contributed by atoms with Crippen molar-refractivity contribution in [2.24, 2.45) is 0 Å². The molecule has 0 spiro atoms. The zero-order valence-electron chi connectivity index (χ0n) is 11.8. The van der Waals surface area contributed by atoms with Gasteiger partial charge >= 0.3 is 0 Å². The van der Waals surface area contributed by atoms with Gasteiger partial charge in [0.1, 0.15) is 11.9 Å². The monoisotopic (exact) mass is 247 g/mol. The van der Waals surface area contributed by atoms with Crippen LogP contribution in [0, 0.1) is 13.8 Å². The van der Waals surface area contributed by atoms with Gasteiger partial charge < -0.3 is 10.1 Å². The lowest BCUT2D eigenvalue weighted by atomic mass is 9.92. The number of rotatable bonds is 4. The number of hydrogen-bond acceptors (Lipinski definition) is 2. The van der Waals surface area contributed by atoms with Crippen LogP contribution in [-0.2, 0) is 0 Å². The molecule has 2 nitrogen and oxygen atoms in total. The van der Waals surface area contributed by atoms with Gasteiger partial charge in [-0.05, 0) is 57.7 Å². The van der Waals surface area contributed by atoms with E-state index in [1.54, 1.807) is 0 Å². The number of aryl methyl sites for hydroxylation is 2. The van der Waals surface area contributed by atoms with Crippen LogP contribution < -0.4 is 10.1 Å². The van der Waals surface area contributed by atoms with Gasteiger partial charge in [-0.2, -0.15) is 0 Å². The molecule has 1 aliphatic carbocycles. The number of benzene rings is 1. The molecule has 2 rings (SSSR count). The lowest BCUT2D eigenvalue weighted by molar-refractivity contribution is 0.134. The van der Waals surface area contributed by atoms with E-state index in [0.29, 0.717) is 12.1 Å². The summed E-state index contributed by atoms with van der Waals surface area (Å²) >= 11 is 0. The minimum atomic E-state index is 0.379. The van der Waals surface area contributed by atoms with Gasteiger partial charge in [-0.3, -0.25) is 0 Å². The molecule has 1 aromatic carbocycles. The van der Waals surface area contributed by atoms with Crippen LogP contribution in [0.4, 0.5) is 0 Å². The van der Waals surface area contributed by atoms with E-state index in [1.807, 2.05) is 0 Å².